The molecule has 342 valence electrons. The Kier molecular flexibility index (Phi) is 13.1. The number of aromatic nitrogens is 5. The second-order valence-electron chi connectivity index (χ2n) is 17.5. The van der Waals surface area contributed by atoms with E-state index in [1.807, 2.05) is 55.3 Å². The van der Waals surface area contributed by atoms with Crippen LogP contribution in [0.4, 0.5) is 9.59 Å². The molecule has 3 aromatic heterocycles. The van der Waals surface area contributed by atoms with Crippen LogP contribution in [0.25, 0.3) is 44.5 Å². The molecule has 16 heteroatoms. The van der Waals surface area contributed by atoms with Crippen LogP contribution in [-0.2, 0) is 23.8 Å². The van der Waals surface area contributed by atoms with E-state index in [2.05, 4.69) is 69.1 Å². The summed E-state index contributed by atoms with van der Waals surface area (Å²) in [5.41, 5.74) is 7.06. The zero-order valence-corrected chi connectivity index (χ0v) is 37.4. The lowest BCUT2D eigenvalue weighted by Gasteiger charge is -2.30. The van der Waals surface area contributed by atoms with E-state index in [1.54, 1.807) is 17.3 Å². The Labute approximate surface area is 382 Å². The first kappa shape index (κ1) is 44.1. The minimum Gasteiger partial charge on any atom is -0.453 e. The molecule has 0 radical (unpaired) electrons. The van der Waals surface area contributed by atoms with Crippen molar-refractivity contribution in [2.45, 2.75) is 82.6 Å². The molecule has 16 nitrogen and oxygen atoms in total. The van der Waals surface area contributed by atoms with E-state index < -0.39 is 24.3 Å². The number of H-pyrrole nitrogens is 2. The molecule has 3 fully saturated rings. The summed E-state index contributed by atoms with van der Waals surface area (Å²) in [7, 11) is 1.29. The van der Waals surface area contributed by atoms with Gasteiger partial charge < -0.3 is 44.6 Å². The second-order valence-corrected chi connectivity index (χ2v) is 17.5. The number of methoxy groups -OCH3 is 1. The SMILES string of the molecule is COC(=O)N[C@H](C(=O)N1CCC[C@H]1c1ncc(-c2cnc3cc(-c4ccc(-c5cnc([C@@H]6CCCN6C(=O)[C@H](NC(=O)OC6CCOCC6)c6ccccc6)[nH]5)cc4)ccc3c2)[nH]1)C(C)C. The number of nitrogens with one attached hydrogen (secondary N) is 4. The van der Waals surface area contributed by atoms with Gasteiger partial charge in [0.25, 0.3) is 5.91 Å². The first-order chi connectivity index (χ1) is 32.1. The van der Waals surface area contributed by atoms with Gasteiger partial charge in [-0.25, -0.2) is 19.6 Å². The molecule has 4 atom stereocenters. The van der Waals surface area contributed by atoms with Gasteiger partial charge in [0, 0.05) is 43.1 Å². The number of likely N-dealkylation sites (tertiary alicyclic amines) is 2. The first-order valence-corrected chi connectivity index (χ1v) is 22.8. The Morgan fingerprint density at radius 3 is 1.95 bits per heavy atom. The number of hydrogen-bond donors (Lipinski definition) is 4. The number of carbonyl (C=O) groups is 4. The normalized spacial score (nSPS) is 18.6. The number of fused-ring (bicyclic) bond motifs is 1. The van der Waals surface area contributed by atoms with Crippen molar-refractivity contribution in [3.8, 4) is 33.6 Å². The van der Waals surface area contributed by atoms with Gasteiger partial charge in [-0.1, -0.05) is 80.6 Å². The van der Waals surface area contributed by atoms with Crippen molar-refractivity contribution < 1.29 is 33.4 Å². The molecule has 3 aliphatic heterocycles. The monoisotopic (exact) mass is 893 g/mol. The summed E-state index contributed by atoms with van der Waals surface area (Å²) < 4.78 is 15.9. The Morgan fingerprint density at radius 1 is 0.682 bits per heavy atom. The summed E-state index contributed by atoms with van der Waals surface area (Å²) in [4.78, 5) is 77.8. The standard InChI is InChI=1S/C50H55N9O7/c1-30(2)43(56-49(62)64-3)47(60)58-21-7-11-41(58)46-53-29-40(55-46)36-25-35-18-17-34(26-38(35)51-27-36)31-13-15-32(16-14-31)39-28-52-45(54-39)42-12-8-22-59(42)48(61)44(33-9-5-4-6-10-33)57-50(63)66-37-19-23-65-24-20-37/h4-6,9-10,13-18,25-30,37,41-44H,7-8,11-12,19-24H2,1-3H3,(H,52,54)(H,53,55)(H,56,62)(H,57,63)/t41-,42-,43-,44+/m0/s1. The van der Waals surface area contributed by atoms with Gasteiger partial charge in [-0.3, -0.25) is 14.6 Å². The molecule has 6 aromatic rings. The van der Waals surface area contributed by atoms with Crippen LogP contribution in [0.1, 0.15) is 87.7 Å². The average Bonchev–Trinajstić information content (AvgIpc) is 4.20. The molecule has 0 bridgehead atoms. The minimum atomic E-state index is -0.908. The second kappa shape index (κ2) is 19.6. The summed E-state index contributed by atoms with van der Waals surface area (Å²) >= 11 is 0. The number of aromatic amines is 2. The molecule has 3 saturated heterocycles. The van der Waals surface area contributed by atoms with Gasteiger partial charge in [0.15, 0.2) is 0 Å². The van der Waals surface area contributed by atoms with Gasteiger partial charge in [-0.05, 0) is 66.0 Å². The number of nitrogens with zero attached hydrogens (tertiary/aromatic N) is 5. The van der Waals surface area contributed by atoms with Gasteiger partial charge in [-0.2, -0.15) is 0 Å². The van der Waals surface area contributed by atoms with Gasteiger partial charge in [0.05, 0.1) is 61.7 Å². The van der Waals surface area contributed by atoms with E-state index in [4.69, 9.17) is 29.2 Å². The third-order valence-corrected chi connectivity index (χ3v) is 12.9. The molecule has 66 heavy (non-hydrogen) atoms. The van der Waals surface area contributed by atoms with Crippen LogP contribution in [0.3, 0.4) is 0 Å². The van der Waals surface area contributed by atoms with Crippen LogP contribution < -0.4 is 10.6 Å². The Morgan fingerprint density at radius 2 is 1.30 bits per heavy atom. The smallest absolute Gasteiger partial charge is 0.408 e. The van der Waals surface area contributed by atoms with E-state index in [-0.39, 0.29) is 35.9 Å². The predicted octanol–water partition coefficient (Wildman–Crippen LogP) is 8.04. The van der Waals surface area contributed by atoms with Crippen molar-refractivity contribution in [1.29, 1.82) is 0 Å². The fourth-order valence-electron chi connectivity index (χ4n) is 9.30. The highest BCUT2D eigenvalue weighted by molar-refractivity contribution is 5.89. The average molecular weight is 894 g/mol. The topological polar surface area (TPSA) is 197 Å². The Bertz CT molecular complexity index is 2680. The molecule has 6 heterocycles. The van der Waals surface area contributed by atoms with Crippen LogP contribution in [0.5, 0.6) is 0 Å². The van der Waals surface area contributed by atoms with E-state index in [1.165, 1.54) is 7.11 Å². The van der Waals surface area contributed by atoms with Gasteiger partial charge in [-0.15, -0.1) is 0 Å². The maximum Gasteiger partial charge on any atom is 0.408 e. The van der Waals surface area contributed by atoms with Crippen LogP contribution in [0, 0.1) is 5.92 Å². The summed E-state index contributed by atoms with van der Waals surface area (Å²) in [5.74, 6) is 0.917. The van der Waals surface area contributed by atoms with Gasteiger partial charge >= 0.3 is 12.2 Å². The summed E-state index contributed by atoms with van der Waals surface area (Å²) in [5, 5.41) is 6.54. The van der Waals surface area contributed by atoms with Crippen LogP contribution in [0.2, 0.25) is 0 Å². The van der Waals surface area contributed by atoms with Crippen LogP contribution >= 0.6 is 0 Å². The van der Waals surface area contributed by atoms with Crippen molar-refractivity contribution in [3.05, 3.63) is 115 Å². The number of ether oxygens (including phenoxy) is 3. The van der Waals surface area contributed by atoms with Crippen molar-refractivity contribution in [2.24, 2.45) is 5.92 Å². The number of benzene rings is 3. The van der Waals surface area contributed by atoms with Crippen LogP contribution in [-0.4, -0.2) is 104 Å². The van der Waals surface area contributed by atoms with E-state index in [0.717, 1.165) is 70.2 Å². The van der Waals surface area contributed by atoms with E-state index in [9.17, 15) is 19.2 Å². The number of rotatable bonds is 12. The molecule has 0 spiro atoms. The zero-order chi connectivity index (χ0) is 45.7. The fourth-order valence-corrected chi connectivity index (χ4v) is 9.30. The van der Waals surface area contributed by atoms with Crippen molar-refractivity contribution >= 4 is 34.9 Å². The number of hydrogen-bond acceptors (Lipinski definition) is 10. The molecular formula is C50H55N9O7. The molecule has 0 aliphatic carbocycles. The number of alkyl carbamates (subject to hydrolysis) is 2. The zero-order valence-electron chi connectivity index (χ0n) is 37.4. The first-order valence-electron chi connectivity index (χ1n) is 22.8. The highest BCUT2D eigenvalue weighted by Gasteiger charge is 2.39. The molecule has 0 unspecified atom stereocenters. The molecular weight excluding hydrogens is 839 g/mol. The number of carbonyl (C=O) groups excluding carboxylic acids is 4. The molecule has 4 amide bonds. The van der Waals surface area contributed by atoms with Crippen molar-refractivity contribution in [2.75, 3.05) is 33.4 Å². The highest BCUT2D eigenvalue weighted by atomic mass is 16.6. The fraction of sp³-hybridized carbons (Fsp3) is 0.380. The predicted molar refractivity (Wildman–Crippen MR) is 247 cm³/mol. The maximum absolute atomic E-state index is 14.3. The Hall–Kier alpha value is -7.07. The summed E-state index contributed by atoms with van der Waals surface area (Å²) in [6, 6.07) is 23.7. The lowest BCUT2D eigenvalue weighted by Crippen LogP contribution is -2.51. The molecule has 4 N–H and O–H groups in total. The lowest BCUT2D eigenvalue weighted by molar-refractivity contribution is -0.136. The number of amides is 4. The van der Waals surface area contributed by atoms with E-state index in [0.29, 0.717) is 56.4 Å². The van der Waals surface area contributed by atoms with Gasteiger partial charge in [0.1, 0.15) is 29.8 Å². The summed E-state index contributed by atoms with van der Waals surface area (Å²) in [6.07, 6.45) is 8.32. The van der Waals surface area contributed by atoms with Crippen LogP contribution in [0.15, 0.2) is 97.5 Å². The number of imidazole rings is 2. The third-order valence-electron chi connectivity index (χ3n) is 12.9. The Balaban J connectivity index is 0.858. The van der Waals surface area contributed by atoms with Gasteiger partial charge in [0.2, 0.25) is 5.91 Å². The summed E-state index contributed by atoms with van der Waals surface area (Å²) in [6.45, 7) is 6.00. The quantitative estimate of drug-likeness (QED) is 0.0934. The molecule has 9 rings (SSSR count). The third kappa shape index (κ3) is 9.50. The minimum absolute atomic E-state index is 0.118. The van der Waals surface area contributed by atoms with E-state index >= 15 is 0 Å². The van der Waals surface area contributed by atoms with Crippen molar-refractivity contribution in [1.82, 2.24) is 45.4 Å². The largest absolute Gasteiger partial charge is 0.453 e. The molecule has 3 aromatic carbocycles. The number of pyridine rings is 1. The lowest BCUT2D eigenvalue weighted by atomic mass is 10.0. The van der Waals surface area contributed by atoms with Crippen molar-refractivity contribution in [3.63, 3.8) is 0 Å². The highest BCUT2D eigenvalue weighted by Crippen LogP contribution is 2.36. The maximum atomic E-state index is 14.3. The molecule has 0 saturated carbocycles. The molecule has 3 aliphatic rings.